The van der Waals surface area contributed by atoms with Gasteiger partial charge in [-0.25, -0.2) is 0 Å². The van der Waals surface area contributed by atoms with E-state index >= 15 is 0 Å². The summed E-state index contributed by atoms with van der Waals surface area (Å²) < 4.78 is 1.14. The molecule has 0 atom stereocenters. The first-order valence-corrected chi connectivity index (χ1v) is 6.69. The van der Waals surface area contributed by atoms with Crippen molar-refractivity contribution in [1.82, 2.24) is 4.90 Å². The zero-order valence-electron chi connectivity index (χ0n) is 10.4. The standard InChI is InChI=1S/C13H21BrN2/c1-4-16(5-2)9-8-15-13-10-11(3)6-7-12(13)14/h6-7,10,15H,4-5,8-9H2,1-3H3. The van der Waals surface area contributed by atoms with Crippen LogP contribution in [0.15, 0.2) is 22.7 Å². The van der Waals surface area contributed by atoms with Gasteiger partial charge in [-0.15, -0.1) is 0 Å². The van der Waals surface area contributed by atoms with Crippen molar-refractivity contribution in [2.45, 2.75) is 20.8 Å². The van der Waals surface area contributed by atoms with Gasteiger partial charge in [-0.3, -0.25) is 0 Å². The summed E-state index contributed by atoms with van der Waals surface area (Å²) in [6, 6.07) is 6.38. The first-order valence-electron chi connectivity index (χ1n) is 5.89. The molecule has 16 heavy (non-hydrogen) atoms. The molecule has 0 saturated carbocycles. The number of hydrogen-bond donors (Lipinski definition) is 1. The molecule has 2 nitrogen and oxygen atoms in total. The minimum absolute atomic E-state index is 0.990. The highest BCUT2D eigenvalue weighted by Gasteiger charge is 2.01. The van der Waals surface area contributed by atoms with Crippen molar-refractivity contribution in [2.75, 3.05) is 31.5 Å². The Kier molecular flexibility index (Phi) is 5.85. The summed E-state index contributed by atoms with van der Waals surface area (Å²) in [6.45, 7) is 10.8. The highest BCUT2D eigenvalue weighted by molar-refractivity contribution is 9.10. The molecule has 0 radical (unpaired) electrons. The Morgan fingerprint density at radius 1 is 1.25 bits per heavy atom. The van der Waals surface area contributed by atoms with Crippen molar-refractivity contribution in [2.24, 2.45) is 0 Å². The number of anilines is 1. The monoisotopic (exact) mass is 284 g/mol. The van der Waals surface area contributed by atoms with Gasteiger partial charge in [0.2, 0.25) is 0 Å². The number of aryl methyl sites for hydroxylation is 1. The number of rotatable bonds is 6. The first-order chi connectivity index (χ1) is 7.67. The van der Waals surface area contributed by atoms with Crippen LogP contribution in [0.4, 0.5) is 5.69 Å². The molecule has 0 unspecified atom stereocenters. The van der Waals surface area contributed by atoms with E-state index in [9.17, 15) is 0 Å². The lowest BCUT2D eigenvalue weighted by Gasteiger charge is -2.19. The molecule has 0 spiro atoms. The zero-order chi connectivity index (χ0) is 12.0. The summed E-state index contributed by atoms with van der Waals surface area (Å²) in [5.41, 5.74) is 2.47. The van der Waals surface area contributed by atoms with Gasteiger partial charge in [-0.05, 0) is 53.6 Å². The third-order valence-electron chi connectivity index (χ3n) is 2.76. The lowest BCUT2D eigenvalue weighted by atomic mass is 10.2. The van der Waals surface area contributed by atoms with Crippen molar-refractivity contribution in [1.29, 1.82) is 0 Å². The first kappa shape index (κ1) is 13.5. The van der Waals surface area contributed by atoms with E-state index in [2.05, 4.69) is 65.1 Å². The van der Waals surface area contributed by atoms with Gasteiger partial charge in [-0.1, -0.05) is 19.9 Å². The van der Waals surface area contributed by atoms with Gasteiger partial charge in [-0.2, -0.15) is 0 Å². The maximum atomic E-state index is 3.56. The molecule has 0 aliphatic heterocycles. The predicted molar refractivity (Wildman–Crippen MR) is 75.2 cm³/mol. The molecule has 3 heteroatoms. The van der Waals surface area contributed by atoms with Crippen LogP contribution in [0, 0.1) is 6.92 Å². The quantitative estimate of drug-likeness (QED) is 0.860. The fraction of sp³-hybridized carbons (Fsp3) is 0.538. The van der Waals surface area contributed by atoms with Crippen LogP contribution in [-0.4, -0.2) is 31.1 Å². The Hall–Kier alpha value is -0.540. The zero-order valence-corrected chi connectivity index (χ0v) is 12.0. The summed E-state index contributed by atoms with van der Waals surface area (Å²) in [5.74, 6) is 0. The Morgan fingerprint density at radius 2 is 1.94 bits per heavy atom. The number of hydrogen-bond acceptors (Lipinski definition) is 2. The second-order valence-electron chi connectivity index (χ2n) is 3.94. The number of benzene rings is 1. The molecular weight excluding hydrogens is 264 g/mol. The van der Waals surface area contributed by atoms with Gasteiger partial charge in [0.05, 0.1) is 0 Å². The summed E-state index contributed by atoms with van der Waals surface area (Å²) in [6.07, 6.45) is 0. The van der Waals surface area contributed by atoms with Crippen LogP contribution < -0.4 is 5.32 Å². The van der Waals surface area contributed by atoms with Crippen LogP contribution in [0.3, 0.4) is 0 Å². The van der Waals surface area contributed by atoms with Crippen molar-refractivity contribution in [3.8, 4) is 0 Å². The Balaban J connectivity index is 2.45. The fourth-order valence-electron chi connectivity index (χ4n) is 1.66. The molecule has 1 rings (SSSR count). The maximum Gasteiger partial charge on any atom is 0.0487 e. The van der Waals surface area contributed by atoms with Gasteiger partial charge >= 0.3 is 0 Å². The average molecular weight is 285 g/mol. The second-order valence-corrected chi connectivity index (χ2v) is 4.79. The van der Waals surface area contributed by atoms with E-state index in [1.54, 1.807) is 0 Å². The van der Waals surface area contributed by atoms with E-state index in [4.69, 9.17) is 0 Å². The molecule has 1 N–H and O–H groups in total. The van der Waals surface area contributed by atoms with E-state index < -0.39 is 0 Å². The SMILES string of the molecule is CCN(CC)CCNc1cc(C)ccc1Br. The van der Waals surface area contributed by atoms with Crippen molar-refractivity contribution in [3.63, 3.8) is 0 Å². The smallest absolute Gasteiger partial charge is 0.0487 e. The van der Waals surface area contributed by atoms with Gasteiger partial charge in [0.15, 0.2) is 0 Å². The lowest BCUT2D eigenvalue weighted by Crippen LogP contribution is -2.28. The Morgan fingerprint density at radius 3 is 2.56 bits per heavy atom. The maximum absolute atomic E-state index is 3.56. The average Bonchev–Trinajstić information content (AvgIpc) is 2.29. The minimum atomic E-state index is 0.990. The molecule has 1 aromatic rings. The number of nitrogens with zero attached hydrogens (tertiary/aromatic N) is 1. The van der Waals surface area contributed by atoms with Crippen molar-refractivity contribution < 1.29 is 0 Å². The molecule has 0 aliphatic rings. The number of nitrogens with one attached hydrogen (secondary N) is 1. The highest BCUT2D eigenvalue weighted by Crippen LogP contribution is 2.22. The topological polar surface area (TPSA) is 15.3 Å². The molecule has 0 saturated heterocycles. The summed E-state index contributed by atoms with van der Waals surface area (Å²) in [4.78, 5) is 2.41. The second kappa shape index (κ2) is 6.92. The van der Waals surface area contributed by atoms with Gasteiger partial charge in [0, 0.05) is 23.2 Å². The molecule has 90 valence electrons. The molecular formula is C13H21BrN2. The predicted octanol–water partition coefficient (Wildman–Crippen LogP) is 3.51. The van der Waals surface area contributed by atoms with E-state index in [1.165, 1.54) is 11.3 Å². The van der Waals surface area contributed by atoms with Crippen LogP contribution in [0.25, 0.3) is 0 Å². The van der Waals surface area contributed by atoms with Gasteiger partial charge in [0.25, 0.3) is 0 Å². The van der Waals surface area contributed by atoms with Crippen LogP contribution >= 0.6 is 15.9 Å². The number of halogens is 1. The number of likely N-dealkylation sites (N-methyl/N-ethyl adjacent to an activating group) is 1. The molecule has 0 bridgehead atoms. The van der Waals surface area contributed by atoms with E-state index in [1.807, 2.05) is 0 Å². The van der Waals surface area contributed by atoms with Crippen LogP contribution in [0.1, 0.15) is 19.4 Å². The van der Waals surface area contributed by atoms with Gasteiger partial charge < -0.3 is 10.2 Å². The molecule has 0 aromatic heterocycles. The molecule has 0 aliphatic carbocycles. The van der Waals surface area contributed by atoms with Crippen molar-refractivity contribution in [3.05, 3.63) is 28.2 Å². The van der Waals surface area contributed by atoms with E-state index in [-0.39, 0.29) is 0 Å². The largest absolute Gasteiger partial charge is 0.383 e. The summed E-state index contributed by atoms with van der Waals surface area (Å²) >= 11 is 3.56. The van der Waals surface area contributed by atoms with E-state index in [0.717, 1.165) is 30.7 Å². The molecule has 1 aromatic carbocycles. The minimum Gasteiger partial charge on any atom is -0.383 e. The Bertz CT molecular complexity index is 322. The highest BCUT2D eigenvalue weighted by atomic mass is 79.9. The van der Waals surface area contributed by atoms with Crippen LogP contribution in [0.2, 0.25) is 0 Å². The van der Waals surface area contributed by atoms with Crippen LogP contribution in [0.5, 0.6) is 0 Å². The summed E-state index contributed by atoms with van der Waals surface area (Å²) in [7, 11) is 0. The third-order valence-corrected chi connectivity index (χ3v) is 3.45. The molecule has 0 heterocycles. The Labute approximate surface area is 107 Å². The summed E-state index contributed by atoms with van der Waals surface area (Å²) in [5, 5.41) is 3.46. The van der Waals surface area contributed by atoms with Crippen LogP contribution in [-0.2, 0) is 0 Å². The third kappa shape index (κ3) is 4.14. The van der Waals surface area contributed by atoms with Crippen molar-refractivity contribution >= 4 is 21.6 Å². The fourth-order valence-corrected chi connectivity index (χ4v) is 2.05. The van der Waals surface area contributed by atoms with E-state index in [0.29, 0.717) is 0 Å². The molecule has 0 fully saturated rings. The molecule has 0 amide bonds. The lowest BCUT2D eigenvalue weighted by molar-refractivity contribution is 0.316. The normalized spacial score (nSPS) is 10.8. The van der Waals surface area contributed by atoms with Gasteiger partial charge in [0.1, 0.15) is 0 Å².